The third kappa shape index (κ3) is 4.57. The number of alkyl halides is 3. The number of ether oxygens (including phenoxy) is 1. The van der Waals surface area contributed by atoms with Gasteiger partial charge in [-0.05, 0) is 72.7 Å². The molecular weight excluding hydrogens is 483 g/mol. The van der Waals surface area contributed by atoms with Gasteiger partial charge in [-0.2, -0.15) is 13.2 Å². The molecule has 2 saturated heterocycles. The highest BCUT2D eigenvalue weighted by molar-refractivity contribution is 5.84. The van der Waals surface area contributed by atoms with Crippen LogP contribution in [0.1, 0.15) is 41.1 Å². The first-order valence-corrected chi connectivity index (χ1v) is 12.8. The topological polar surface area (TPSA) is 73.5 Å². The zero-order chi connectivity index (χ0) is 25.7. The number of nitrogens with one attached hydrogen (secondary N) is 2. The summed E-state index contributed by atoms with van der Waals surface area (Å²) in [6.45, 7) is 3.45. The number of pyridine rings is 1. The Bertz CT molecular complexity index is 1330. The number of amides is 2. The molecule has 2 amide bonds. The van der Waals surface area contributed by atoms with Gasteiger partial charge in [0.15, 0.2) is 6.10 Å². The van der Waals surface area contributed by atoms with E-state index in [0.29, 0.717) is 19.5 Å². The second-order valence-electron chi connectivity index (χ2n) is 10.2. The molecule has 3 aromatic rings. The largest absolute Gasteiger partial charge is 0.416 e. The van der Waals surface area contributed by atoms with E-state index >= 15 is 0 Å². The van der Waals surface area contributed by atoms with Crippen molar-refractivity contribution < 1.29 is 22.7 Å². The van der Waals surface area contributed by atoms with E-state index < -0.39 is 18.8 Å². The number of hydrogen-bond donors (Lipinski definition) is 2. The van der Waals surface area contributed by atoms with Crippen LogP contribution in [-0.4, -0.2) is 70.9 Å². The zero-order valence-electron chi connectivity index (χ0n) is 20.7. The third-order valence-corrected chi connectivity index (χ3v) is 7.86. The standard InChI is InChI=1S/C27H30F3N5O2/c1-16-12-32-25-20(16)11-19(13-33-25)18-9-17-4-6-34(14-22(17)21(10-18)23-3-2-5-31-23)26(36)35-7-8-37-24(15-35)27(28,29)30/h9-13,23-24,31H,2-8,14-15H2,1H3,(H,32,33). The molecule has 2 fully saturated rings. The van der Waals surface area contributed by atoms with E-state index in [1.807, 2.05) is 12.4 Å². The van der Waals surface area contributed by atoms with E-state index in [2.05, 4.69) is 40.4 Å². The lowest BCUT2D eigenvalue weighted by Gasteiger charge is -2.39. The van der Waals surface area contributed by atoms with Crippen molar-refractivity contribution in [3.05, 3.63) is 52.8 Å². The Labute approximate surface area is 213 Å². The van der Waals surface area contributed by atoms with Gasteiger partial charge < -0.3 is 24.8 Å². The molecule has 2 atom stereocenters. The van der Waals surface area contributed by atoms with E-state index in [-0.39, 0.29) is 25.2 Å². The van der Waals surface area contributed by atoms with Crippen molar-refractivity contribution in [1.29, 1.82) is 0 Å². The predicted octanol–water partition coefficient (Wildman–Crippen LogP) is 4.70. The summed E-state index contributed by atoms with van der Waals surface area (Å²) in [6.07, 6.45) is 0.170. The van der Waals surface area contributed by atoms with Gasteiger partial charge in [-0.1, -0.05) is 6.07 Å². The molecule has 2 N–H and O–H groups in total. The highest BCUT2D eigenvalue weighted by atomic mass is 19.4. The summed E-state index contributed by atoms with van der Waals surface area (Å²) in [5.41, 5.74) is 7.61. The van der Waals surface area contributed by atoms with Crippen LogP contribution in [0.2, 0.25) is 0 Å². The normalized spacial score (nSPS) is 22.5. The Hall–Kier alpha value is -3.11. The van der Waals surface area contributed by atoms with Crippen LogP contribution in [-0.2, 0) is 17.7 Å². The average Bonchev–Trinajstić information content (AvgIpc) is 3.57. The number of carbonyl (C=O) groups is 1. The number of hydrogen-bond acceptors (Lipinski definition) is 4. The Balaban J connectivity index is 1.31. The van der Waals surface area contributed by atoms with E-state index in [0.717, 1.165) is 52.7 Å². The molecular formula is C27H30F3N5O2. The molecule has 0 saturated carbocycles. The molecule has 10 heteroatoms. The van der Waals surface area contributed by atoms with Crippen molar-refractivity contribution in [2.45, 2.75) is 51.1 Å². The Morgan fingerprint density at radius 3 is 2.81 bits per heavy atom. The van der Waals surface area contributed by atoms with Gasteiger partial charge in [0.25, 0.3) is 0 Å². The number of fused-ring (bicyclic) bond motifs is 2. The maximum absolute atomic E-state index is 13.3. The molecule has 3 aliphatic heterocycles. The van der Waals surface area contributed by atoms with Crippen LogP contribution in [0, 0.1) is 6.92 Å². The fourth-order valence-electron chi connectivity index (χ4n) is 5.80. The minimum Gasteiger partial charge on any atom is -0.365 e. The van der Waals surface area contributed by atoms with Crippen LogP contribution in [0.3, 0.4) is 0 Å². The van der Waals surface area contributed by atoms with E-state index in [4.69, 9.17) is 4.74 Å². The number of aromatic amines is 1. The summed E-state index contributed by atoms with van der Waals surface area (Å²) >= 11 is 0. The van der Waals surface area contributed by atoms with Crippen LogP contribution in [0.15, 0.2) is 30.6 Å². The third-order valence-electron chi connectivity index (χ3n) is 7.86. The van der Waals surface area contributed by atoms with Crippen LogP contribution < -0.4 is 5.32 Å². The smallest absolute Gasteiger partial charge is 0.365 e. The number of aromatic nitrogens is 2. The number of aryl methyl sites for hydroxylation is 1. The molecule has 37 heavy (non-hydrogen) atoms. The van der Waals surface area contributed by atoms with Crippen molar-refractivity contribution in [2.75, 3.05) is 32.8 Å². The second-order valence-corrected chi connectivity index (χ2v) is 10.2. The van der Waals surface area contributed by atoms with Crippen LogP contribution >= 0.6 is 0 Å². The Morgan fingerprint density at radius 2 is 2.03 bits per heavy atom. The predicted molar refractivity (Wildman–Crippen MR) is 133 cm³/mol. The minimum absolute atomic E-state index is 0.111. The fraction of sp³-hybridized carbons (Fsp3) is 0.481. The monoisotopic (exact) mass is 513 g/mol. The van der Waals surface area contributed by atoms with Gasteiger partial charge in [-0.15, -0.1) is 0 Å². The van der Waals surface area contributed by atoms with Gasteiger partial charge in [-0.25, -0.2) is 9.78 Å². The van der Waals surface area contributed by atoms with Gasteiger partial charge in [0, 0.05) is 49.0 Å². The fourth-order valence-corrected chi connectivity index (χ4v) is 5.80. The van der Waals surface area contributed by atoms with Crippen LogP contribution in [0.25, 0.3) is 22.2 Å². The van der Waals surface area contributed by atoms with Crippen molar-refractivity contribution in [3.63, 3.8) is 0 Å². The minimum atomic E-state index is -4.48. The van der Waals surface area contributed by atoms with E-state index in [1.165, 1.54) is 16.0 Å². The number of nitrogens with zero attached hydrogens (tertiary/aromatic N) is 3. The molecule has 5 heterocycles. The van der Waals surface area contributed by atoms with Crippen molar-refractivity contribution in [2.24, 2.45) is 0 Å². The number of benzene rings is 1. The summed E-state index contributed by atoms with van der Waals surface area (Å²) < 4.78 is 44.5. The molecule has 2 aromatic heterocycles. The lowest BCUT2D eigenvalue weighted by Crippen LogP contribution is -2.55. The van der Waals surface area contributed by atoms with Crippen LogP contribution in [0.5, 0.6) is 0 Å². The molecule has 0 radical (unpaired) electrons. The Kier molecular flexibility index (Phi) is 6.11. The molecule has 2 unspecified atom stereocenters. The van der Waals surface area contributed by atoms with Gasteiger partial charge in [0.05, 0.1) is 13.2 Å². The highest BCUT2D eigenvalue weighted by Crippen LogP contribution is 2.37. The van der Waals surface area contributed by atoms with Gasteiger partial charge in [-0.3, -0.25) is 0 Å². The maximum Gasteiger partial charge on any atom is 0.416 e. The number of halogens is 3. The van der Waals surface area contributed by atoms with Gasteiger partial charge >= 0.3 is 12.2 Å². The molecule has 0 aliphatic carbocycles. The summed E-state index contributed by atoms with van der Waals surface area (Å²) in [5, 5.41) is 4.68. The zero-order valence-corrected chi connectivity index (χ0v) is 20.7. The molecule has 1 aromatic carbocycles. The van der Waals surface area contributed by atoms with Crippen molar-refractivity contribution >= 4 is 17.1 Å². The van der Waals surface area contributed by atoms with E-state index in [9.17, 15) is 18.0 Å². The number of urea groups is 1. The van der Waals surface area contributed by atoms with Crippen LogP contribution in [0.4, 0.5) is 18.0 Å². The summed E-state index contributed by atoms with van der Waals surface area (Å²) in [4.78, 5) is 24.1. The highest BCUT2D eigenvalue weighted by Gasteiger charge is 2.45. The lowest BCUT2D eigenvalue weighted by molar-refractivity contribution is -0.234. The average molecular weight is 514 g/mol. The molecule has 3 aliphatic rings. The lowest BCUT2D eigenvalue weighted by atomic mass is 9.87. The summed E-state index contributed by atoms with van der Waals surface area (Å²) in [7, 11) is 0. The summed E-state index contributed by atoms with van der Waals surface area (Å²) in [6, 6.07) is 6.39. The van der Waals surface area contributed by atoms with Gasteiger partial charge in [0.1, 0.15) is 5.65 Å². The maximum atomic E-state index is 13.3. The Morgan fingerprint density at radius 1 is 1.16 bits per heavy atom. The van der Waals surface area contributed by atoms with Gasteiger partial charge in [0.2, 0.25) is 0 Å². The van der Waals surface area contributed by atoms with E-state index in [1.54, 1.807) is 4.90 Å². The number of H-pyrrole nitrogens is 1. The SMILES string of the molecule is Cc1c[nH]c2ncc(-c3cc4c(c(C5CCCN5)c3)CN(C(=O)N3CCOC(C(F)(F)F)C3)CC4)cc12. The first-order valence-electron chi connectivity index (χ1n) is 12.8. The quantitative estimate of drug-likeness (QED) is 0.521. The summed E-state index contributed by atoms with van der Waals surface area (Å²) in [5.74, 6) is 0. The van der Waals surface area contributed by atoms with Crippen molar-refractivity contribution in [3.8, 4) is 11.1 Å². The number of carbonyl (C=O) groups excluding carboxylic acids is 1. The number of rotatable bonds is 2. The molecule has 7 nitrogen and oxygen atoms in total. The second kappa shape index (κ2) is 9.33. The molecule has 6 rings (SSSR count). The molecule has 0 spiro atoms. The first-order chi connectivity index (χ1) is 17.8. The molecule has 196 valence electrons. The van der Waals surface area contributed by atoms with Crippen molar-refractivity contribution in [1.82, 2.24) is 25.1 Å². The number of morpholine rings is 1. The first kappa shape index (κ1) is 24.2. The molecule has 0 bridgehead atoms.